The van der Waals surface area contributed by atoms with Gasteiger partial charge in [-0.1, -0.05) is 0 Å². The first-order valence-electron chi connectivity index (χ1n) is 8.44. The Morgan fingerprint density at radius 2 is 1.87 bits per heavy atom. The Morgan fingerprint density at radius 3 is 2.48 bits per heavy atom. The van der Waals surface area contributed by atoms with E-state index in [-0.39, 0.29) is 17.7 Å². The van der Waals surface area contributed by atoms with Crippen LogP contribution in [0.3, 0.4) is 0 Å². The predicted octanol–water partition coefficient (Wildman–Crippen LogP) is 0.837. The maximum atomic E-state index is 12.7. The van der Waals surface area contributed by atoms with Gasteiger partial charge in [0, 0.05) is 44.1 Å². The van der Waals surface area contributed by atoms with Gasteiger partial charge in [0.25, 0.3) is 5.91 Å². The van der Waals surface area contributed by atoms with E-state index < -0.39 is 9.84 Å². The quantitative estimate of drug-likeness (QED) is 0.887. The molecule has 1 atom stereocenters. The molecule has 1 saturated carbocycles. The molecule has 1 unspecified atom stereocenters. The first kappa shape index (κ1) is 15.2. The van der Waals surface area contributed by atoms with E-state index in [0.29, 0.717) is 24.8 Å². The number of piperazine rings is 1. The molecule has 1 aromatic rings. The number of nitrogens with zero attached hydrogens (tertiary/aromatic N) is 2. The standard InChI is InChI=1S/C16H23N3O3S/c20-16(14-3-5-17-15(14)12-1-2-12)19-8-6-18(7-9-19)13-4-10-23(21,22)11-13/h3,5,12-13,17H,1-2,4,6-11H2. The van der Waals surface area contributed by atoms with Crippen LogP contribution in [0.25, 0.3) is 0 Å². The number of H-pyrrole nitrogens is 1. The van der Waals surface area contributed by atoms with Crippen LogP contribution in [0.4, 0.5) is 0 Å². The van der Waals surface area contributed by atoms with E-state index in [1.165, 1.54) is 12.8 Å². The van der Waals surface area contributed by atoms with Crippen LogP contribution in [-0.4, -0.2) is 72.8 Å². The van der Waals surface area contributed by atoms with Gasteiger partial charge in [0.1, 0.15) is 0 Å². The van der Waals surface area contributed by atoms with Crippen LogP contribution in [0.15, 0.2) is 12.3 Å². The van der Waals surface area contributed by atoms with Crippen LogP contribution in [0.5, 0.6) is 0 Å². The third-order valence-electron chi connectivity index (χ3n) is 5.32. The van der Waals surface area contributed by atoms with E-state index in [1.807, 2.05) is 17.2 Å². The van der Waals surface area contributed by atoms with Gasteiger partial charge in [0.15, 0.2) is 9.84 Å². The van der Waals surface area contributed by atoms with Crippen LogP contribution in [0.1, 0.15) is 41.2 Å². The lowest BCUT2D eigenvalue weighted by atomic mass is 10.1. The molecule has 126 valence electrons. The third kappa shape index (κ3) is 3.04. The summed E-state index contributed by atoms with van der Waals surface area (Å²) in [5.41, 5.74) is 1.92. The van der Waals surface area contributed by atoms with Crippen LogP contribution in [0, 0.1) is 0 Å². The van der Waals surface area contributed by atoms with Gasteiger partial charge in [-0.25, -0.2) is 8.42 Å². The minimum atomic E-state index is -2.84. The van der Waals surface area contributed by atoms with Crippen LogP contribution in [0.2, 0.25) is 0 Å². The number of carbonyl (C=O) groups is 1. The Morgan fingerprint density at radius 1 is 1.13 bits per heavy atom. The fourth-order valence-corrected chi connectivity index (χ4v) is 5.56. The summed E-state index contributed by atoms with van der Waals surface area (Å²) in [4.78, 5) is 20.1. The van der Waals surface area contributed by atoms with Crippen molar-refractivity contribution >= 4 is 15.7 Å². The molecule has 1 aliphatic carbocycles. The number of nitrogens with one attached hydrogen (secondary N) is 1. The lowest BCUT2D eigenvalue weighted by Gasteiger charge is -2.37. The van der Waals surface area contributed by atoms with Crippen molar-refractivity contribution in [2.24, 2.45) is 0 Å². The Labute approximate surface area is 136 Å². The number of amides is 1. The van der Waals surface area contributed by atoms with Crippen LogP contribution >= 0.6 is 0 Å². The van der Waals surface area contributed by atoms with Gasteiger partial charge in [-0.05, 0) is 31.2 Å². The Kier molecular flexibility index (Phi) is 3.72. The highest BCUT2D eigenvalue weighted by atomic mass is 32.2. The van der Waals surface area contributed by atoms with Gasteiger partial charge < -0.3 is 9.88 Å². The summed E-state index contributed by atoms with van der Waals surface area (Å²) >= 11 is 0. The summed E-state index contributed by atoms with van der Waals surface area (Å²) < 4.78 is 23.2. The predicted molar refractivity (Wildman–Crippen MR) is 87.3 cm³/mol. The second-order valence-corrected chi connectivity index (χ2v) is 9.19. The molecule has 0 radical (unpaired) electrons. The van der Waals surface area contributed by atoms with Crippen molar-refractivity contribution in [2.75, 3.05) is 37.7 Å². The van der Waals surface area contributed by atoms with E-state index in [0.717, 1.165) is 30.8 Å². The molecule has 23 heavy (non-hydrogen) atoms. The van der Waals surface area contributed by atoms with Gasteiger partial charge in [-0.2, -0.15) is 0 Å². The molecule has 1 amide bonds. The highest BCUT2D eigenvalue weighted by Gasteiger charge is 2.35. The van der Waals surface area contributed by atoms with E-state index in [2.05, 4.69) is 9.88 Å². The minimum absolute atomic E-state index is 0.117. The summed E-state index contributed by atoms with van der Waals surface area (Å²) in [5, 5.41) is 0. The van der Waals surface area contributed by atoms with Gasteiger partial charge in [0.2, 0.25) is 0 Å². The van der Waals surface area contributed by atoms with Crippen LogP contribution < -0.4 is 0 Å². The first-order chi connectivity index (χ1) is 11.0. The number of hydrogen-bond donors (Lipinski definition) is 1. The fraction of sp³-hybridized carbons (Fsp3) is 0.688. The Bertz CT molecular complexity index is 700. The van der Waals surface area contributed by atoms with Gasteiger partial charge in [-0.15, -0.1) is 0 Å². The van der Waals surface area contributed by atoms with Crippen molar-refractivity contribution < 1.29 is 13.2 Å². The Balaban J connectivity index is 1.38. The molecule has 3 fully saturated rings. The molecular weight excluding hydrogens is 314 g/mol. The summed E-state index contributed by atoms with van der Waals surface area (Å²) in [5.74, 6) is 1.25. The summed E-state index contributed by atoms with van der Waals surface area (Å²) in [6.45, 7) is 2.92. The normalized spacial score (nSPS) is 28.2. The van der Waals surface area contributed by atoms with Crippen molar-refractivity contribution in [3.05, 3.63) is 23.5 Å². The second kappa shape index (κ2) is 5.63. The number of aromatic nitrogens is 1. The number of rotatable bonds is 3. The SMILES string of the molecule is O=C(c1cc[nH]c1C1CC1)N1CCN(C2CCS(=O)(=O)C2)CC1. The summed E-state index contributed by atoms with van der Waals surface area (Å²) in [6, 6.07) is 2.04. The molecule has 1 aromatic heterocycles. The average Bonchev–Trinajstić information content (AvgIpc) is 3.15. The number of aromatic amines is 1. The lowest BCUT2D eigenvalue weighted by molar-refractivity contribution is 0.0587. The molecule has 2 saturated heterocycles. The molecule has 2 aliphatic heterocycles. The van der Waals surface area contributed by atoms with Crippen molar-refractivity contribution in [2.45, 2.75) is 31.2 Å². The molecule has 0 spiro atoms. The minimum Gasteiger partial charge on any atom is -0.364 e. The topological polar surface area (TPSA) is 73.5 Å². The van der Waals surface area contributed by atoms with E-state index in [4.69, 9.17) is 0 Å². The van der Waals surface area contributed by atoms with E-state index in [9.17, 15) is 13.2 Å². The maximum absolute atomic E-state index is 12.7. The maximum Gasteiger partial charge on any atom is 0.255 e. The van der Waals surface area contributed by atoms with Crippen molar-refractivity contribution in [1.82, 2.24) is 14.8 Å². The summed E-state index contributed by atoms with van der Waals surface area (Å²) in [7, 11) is -2.84. The molecule has 4 rings (SSSR count). The fourth-order valence-electron chi connectivity index (χ4n) is 3.80. The van der Waals surface area contributed by atoms with Crippen molar-refractivity contribution in [3.8, 4) is 0 Å². The number of carbonyl (C=O) groups excluding carboxylic acids is 1. The van der Waals surface area contributed by atoms with E-state index >= 15 is 0 Å². The zero-order chi connectivity index (χ0) is 16.0. The highest BCUT2D eigenvalue weighted by molar-refractivity contribution is 7.91. The first-order valence-corrected chi connectivity index (χ1v) is 10.3. The molecule has 6 nitrogen and oxygen atoms in total. The molecule has 0 aromatic carbocycles. The average molecular weight is 337 g/mol. The largest absolute Gasteiger partial charge is 0.364 e. The molecular formula is C16H23N3O3S. The lowest BCUT2D eigenvalue weighted by Crippen LogP contribution is -2.52. The Hall–Kier alpha value is -1.34. The van der Waals surface area contributed by atoms with Gasteiger partial charge in [-0.3, -0.25) is 9.69 Å². The van der Waals surface area contributed by atoms with Gasteiger partial charge in [0.05, 0.1) is 17.1 Å². The highest BCUT2D eigenvalue weighted by Crippen LogP contribution is 2.41. The van der Waals surface area contributed by atoms with E-state index in [1.54, 1.807) is 0 Å². The third-order valence-corrected chi connectivity index (χ3v) is 7.07. The summed E-state index contributed by atoms with van der Waals surface area (Å²) in [6.07, 6.45) is 4.94. The van der Waals surface area contributed by atoms with Gasteiger partial charge >= 0.3 is 0 Å². The number of sulfone groups is 1. The zero-order valence-electron chi connectivity index (χ0n) is 13.2. The number of hydrogen-bond acceptors (Lipinski definition) is 4. The second-order valence-electron chi connectivity index (χ2n) is 6.96. The zero-order valence-corrected chi connectivity index (χ0v) is 14.0. The smallest absolute Gasteiger partial charge is 0.255 e. The van der Waals surface area contributed by atoms with Crippen molar-refractivity contribution in [1.29, 1.82) is 0 Å². The van der Waals surface area contributed by atoms with Crippen molar-refractivity contribution in [3.63, 3.8) is 0 Å². The molecule has 7 heteroatoms. The molecule has 3 heterocycles. The molecule has 3 aliphatic rings. The molecule has 1 N–H and O–H groups in total. The van der Waals surface area contributed by atoms with Crippen LogP contribution in [-0.2, 0) is 9.84 Å². The molecule has 0 bridgehead atoms. The monoisotopic (exact) mass is 337 g/mol.